The molecular weight excluding hydrogens is 266 g/mol. The van der Waals surface area contributed by atoms with Crippen LogP contribution < -0.4 is 0 Å². The van der Waals surface area contributed by atoms with Gasteiger partial charge in [0.15, 0.2) is 0 Å². The molecule has 0 aromatic heterocycles. The predicted molar refractivity (Wildman–Crippen MR) is 63.8 cm³/mol. The summed E-state index contributed by atoms with van der Waals surface area (Å²) < 4.78 is 27.3. The highest BCUT2D eigenvalue weighted by Gasteiger charge is 2.24. The number of ether oxygens (including phenoxy) is 1. The number of halogens is 1. The van der Waals surface area contributed by atoms with Gasteiger partial charge in [0.25, 0.3) is 0 Å². The summed E-state index contributed by atoms with van der Waals surface area (Å²) in [6.45, 7) is 1.42. The van der Waals surface area contributed by atoms with Crippen molar-refractivity contribution >= 4 is 26.0 Å². The summed E-state index contributed by atoms with van der Waals surface area (Å²) in [6.07, 6.45) is -0.980. The Morgan fingerprint density at radius 3 is 2.41 bits per heavy atom. The largest absolute Gasteiger partial charge is 0.444 e. The Labute approximate surface area is 104 Å². The minimum Gasteiger partial charge on any atom is -0.444 e. The van der Waals surface area contributed by atoms with E-state index in [1.165, 1.54) is 6.92 Å². The lowest BCUT2D eigenvalue weighted by Gasteiger charge is -2.16. The highest BCUT2D eigenvalue weighted by atomic mass is 35.7. The summed E-state index contributed by atoms with van der Waals surface area (Å²) in [5.41, 5.74) is 0.767. The van der Waals surface area contributed by atoms with Crippen molar-refractivity contribution in [3.63, 3.8) is 0 Å². The van der Waals surface area contributed by atoms with E-state index in [1.54, 1.807) is 24.3 Å². The summed E-state index contributed by atoms with van der Waals surface area (Å²) in [4.78, 5) is 11.4. The Hall–Kier alpha value is -1.27. The average molecular weight is 278 g/mol. The van der Waals surface area contributed by atoms with Crippen LogP contribution in [-0.4, -0.2) is 25.4 Å². The molecule has 17 heavy (non-hydrogen) atoms. The van der Waals surface area contributed by atoms with Gasteiger partial charge in [0.1, 0.15) is 6.61 Å². The van der Waals surface area contributed by atoms with Gasteiger partial charge in [-0.25, -0.2) is 4.79 Å². The molecule has 0 aliphatic carbocycles. The Kier molecular flexibility index (Phi) is 4.77. The van der Waals surface area contributed by atoms with Gasteiger partial charge in [-0.15, -0.1) is 0 Å². The highest BCUT2D eigenvalue weighted by molar-refractivity contribution is 8.12. The first-order chi connectivity index (χ1) is 7.95. The molecule has 0 atom stereocenters. The molecule has 0 bridgehead atoms. The van der Waals surface area contributed by atoms with E-state index in [4.69, 9.17) is 15.4 Å². The van der Waals surface area contributed by atoms with Crippen molar-refractivity contribution in [3.8, 4) is 0 Å². The number of benzene rings is 1. The molecule has 1 rings (SSSR count). The number of rotatable bonds is 4. The molecule has 0 saturated heterocycles. The van der Waals surface area contributed by atoms with Crippen LogP contribution in [0.15, 0.2) is 30.3 Å². The fraction of sp³-hybridized carbons (Fsp3) is 0.300. The van der Waals surface area contributed by atoms with Crippen LogP contribution in [-0.2, 0) is 20.6 Å². The maximum absolute atomic E-state index is 11.4. The van der Waals surface area contributed by atoms with E-state index >= 15 is 0 Å². The Bertz CT molecular complexity index is 474. The molecule has 0 radical (unpaired) electrons. The molecular formula is C10H12ClNO4S. The fourth-order valence-corrected chi connectivity index (χ4v) is 2.16. The van der Waals surface area contributed by atoms with Crippen LogP contribution >= 0.6 is 10.7 Å². The Balaban J connectivity index is 2.61. The number of carbonyl (C=O) groups is 1. The summed E-state index contributed by atoms with van der Waals surface area (Å²) in [7, 11) is 0.986. The topological polar surface area (TPSA) is 63.7 Å². The second-order valence-electron chi connectivity index (χ2n) is 3.15. The monoisotopic (exact) mass is 277 g/mol. The van der Waals surface area contributed by atoms with Crippen LogP contribution in [0, 0.1) is 0 Å². The maximum atomic E-state index is 11.4. The molecule has 7 heteroatoms. The van der Waals surface area contributed by atoms with Gasteiger partial charge in [-0.1, -0.05) is 30.3 Å². The van der Waals surface area contributed by atoms with E-state index in [0.717, 1.165) is 5.56 Å². The summed E-state index contributed by atoms with van der Waals surface area (Å²) in [5.74, 6) is 0. The molecule has 0 N–H and O–H groups in total. The lowest BCUT2D eigenvalue weighted by atomic mass is 10.2. The Morgan fingerprint density at radius 2 is 1.94 bits per heavy atom. The van der Waals surface area contributed by atoms with Crippen molar-refractivity contribution < 1.29 is 17.9 Å². The number of hydrogen-bond acceptors (Lipinski definition) is 4. The van der Waals surface area contributed by atoms with E-state index in [0.29, 0.717) is 4.31 Å². The lowest BCUT2D eigenvalue weighted by molar-refractivity contribution is 0.120. The quantitative estimate of drug-likeness (QED) is 0.791. The first-order valence-corrected chi connectivity index (χ1v) is 7.14. The molecule has 94 valence electrons. The van der Waals surface area contributed by atoms with Crippen LogP contribution in [0.5, 0.6) is 0 Å². The van der Waals surface area contributed by atoms with Gasteiger partial charge >= 0.3 is 15.3 Å². The van der Waals surface area contributed by atoms with Crippen molar-refractivity contribution in [1.29, 1.82) is 0 Å². The molecule has 1 aromatic rings. The minimum atomic E-state index is -4.09. The van der Waals surface area contributed by atoms with Gasteiger partial charge in [-0.2, -0.15) is 12.7 Å². The zero-order valence-electron chi connectivity index (χ0n) is 9.17. The first-order valence-electron chi connectivity index (χ1n) is 4.88. The molecule has 1 aromatic carbocycles. The number of amides is 1. The van der Waals surface area contributed by atoms with Crippen LogP contribution in [0.2, 0.25) is 0 Å². The number of hydrogen-bond donors (Lipinski definition) is 0. The zero-order chi connectivity index (χ0) is 12.9. The SMILES string of the molecule is CCN(C(=O)OCc1ccccc1)S(=O)(=O)Cl. The normalized spacial score (nSPS) is 10.9. The third-order valence-corrected chi connectivity index (χ3v) is 3.39. The molecule has 0 aliphatic rings. The van der Waals surface area contributed by atoms with Crippen LogP contribution in [0.3, 0.4) is 0 Å². The molecule has 0 saturated carbocycles. The zero-order valence-corrected chi connectivity index (χ0v) is 10.7. The summed E-state index contributed by atoms with van der Waals surface area (Å²) in [6, 6.07) is 8.93. The fourth-order valence-electron chi connectivity index (χ4n) is 1.16. The molecule has 5 nitrogen and oxygen atoms in total. The standard InChI is InChI=1S/C10H12ClNO4S/c1-2-12(17(11,14)15)10(13)16-8-9-6-4-3-5-7-9/h3-7H,2,8H2,1H3. The second-order valence-corrected chi connectivity index (χ2v) is 5.58. The molecule has 1 amide bonds. The van der Waals surface area contributed by atoms with E-state index in [2.05, 4.69) is 0 Å². The van der Waals surface area contributed by atoms with Gasteiger partial charge in [-0.05, 0) is 12.5 Å². The van der Waals surface area contributed by atoms with E-state index < -0.39 is 15.3 Å². The second kappa shape index (κ2) is 5.88. The molecule has 0 fully saturated rings. The van der Waals surface area contributed by atoms with Crippen LogP contribution in [0.25, 0.3) is 0 Å². The molecule has 0 unspecified atom stereocenters. The predicted octanol–water partition coefficient (Wildman–Crippen LogP) is 2.13. The van der Waals surface area contributed by atoms with Gasteiger partial charge in [0.05, 0.1) is 0 Å². The average Bonchev–Trinajstić information content (AvgIpc) is 2.27. The van der Waals surface area contributed by atoms with Crippen LogP contribution in [0.1, 0.15) is 12.5 Å². The van der Waals surface area contributed by atoms with E-state index in [9.17, 15) is 13.2 Å². The third-order valence-electron chi connectivity index (χ3n) is 1.96. The highest BCUT2D eigenvalue weighted by Crippen LogP contribution is 2.09. The van der Waals surface area contributed by atoms with Gasteiger partial charge in [-0.3, -0.25) is 0 Å². The number of carbonyl (C=O) groups excluding carboxylic acids is 1. The number of nitrogens with zero attached hydrogens (tertiary/aromatic N) is 1. The maximum Gasteiger partial charge on any atom is 0.424 e. The first kappa shape index (κ1) is 13.8. The van der Waals surface area contributed by atoms with E-state index in [1.807, 2.05) is 6.07 Å². The van der Waals surface area contributed by atoms with Crippen molar-refractivity contribution in [2.75, 3.05) is 6.54 Å². The smallest absolute Gasteiger partial charge is 0.424 e. The minimum absolute atomic E-state index is 0.00256. The van der Waals surface area contributed by atoms with Gasteiger partial charge < -0.3 is 4.74 Å². The van der Waals surface area contributed by atoms with E-state index in [-0.39, 0.29) is 13.2 Å². The van der Waals surface area contributed by atoms with Gasteiger partial charge in [0.2, 0.25) is 0 Å². The van der Waals surface area contributed by atoms with Crippen LogP contribution in [0.4, 0.5) is 4.79 Å². The summed E-state index contributed by atoms with van der Waals surface area (Å²) in [5, 5.41) is 0. The summed E-state index contributed by atoms with van der Waals surface area (Å²) >= 11 is 0. The van der Waals surface area contributed by atoms with Crippen molar-refractivity contribution in [3.05, 3.63) is 35.9 Å². The lowest BCUT2D eigenvalue weighted by Crippen LogP contribution is -2.34. The van der Waals surface area contributed by atoms with Crippen molar-refractivity contribution in [2.24, 2.45) is 0 Å². The van der Waals surface area contributed by atoms with Gasteiger partial charge in [0, 0.05) is 17.2 Å². The van der Waals surface area contributed by atoms with Crippen molar-refractivity contribution in [1.82, 2.24) is 4.31 Å². The molecule has 0 spiro atoms. The Morgan fingerprint density at radius 1 is 1.35 bits per heavy atom. The molecule has 0 heterocycles. The molecule has 0 aliphatic heterocycles. The van der Waals surface area contributed by atoms with Crippen molar-refractivity contribution in [2.45, 2.75) is 13.5 Å². The third kappa shape index (κ3) is 4.24.